The molecule has 114 valence electrons. The summed E-state index contributed by atoms with van der Waals surface area (Å²) in [5, 5.41) is 0. The summed E-state index contributed by atoms with van der Waals surface area (Å²) in [7, 11) is 0. The first kappa shape index (κ1) is 17.0. The van der Waals surface area contributed by atoms with Crippen LogP contribution in [0.2, 0.25) is 0 Å². The zero-order valence-electron chi connectivity index (χ0n) is 13.8. The molecule has 19 heavy (non-hydrogen) atoms. The first-order valence-electron chi connectivity index (χ1n) is 8.96. The van der Waals surface area contributed by atoms with Crippen LogP contribution in [0, 0.1) is 11.8 Å². The Kier molecular flexibility index (Phi) is 9.59. The smallest absolute Gasteiger partial charge is 0.00160 e. The number of hydrogen-bond donors (Lipinski definition) is 0. The van der Waals surface area contributed by atoms with Crippen LogP contribution < -0.4 is 0 Å². The van der Waals surface area contributed by atoms with Crippen molar-refractivity contribution in [1.82, 2.24) is 4.90 Å². The number of nitrogens with zero attached hydrogens (tertiary/aromatic N) is 1. The molecule has 0 spiro atoms. The first-order chi connectivity index (χ1) is 9.24. The highest BCUT2D eigenvalue weighted by Gasteiger charge is 2.20. The van der Waals surface area contributed by atoms with Crippen molar-refractivity contribution in [2.75, 3.05) is 19.6 Å². The topological polar surface area (TPSA) is 3.24 Å². The van der Waals surface area contributed by atoms with Gasteiger partial charge in [-0.15, -0.1) is 0 Å². The van der Waals surface area contributed by atoms with E-state index in [1.165, 1.54) is 83.8 Å². The Balaban J connectivity index is 1.88. The predicted molar refractivity (Wildman–Crippen MR) is 86.6 cm³/mol. The van der Waals surface area contributed by atoms with Crippen molar-refractivity contribution >= 4 is 0 Å². The van der Waals surface area contributed by atoms with Gasteiger partial charge >= 0.3 is 0 Å². The SMILES string of the molecule is CCCCCCCCCCN1CCC(C(C)C)CC1. The second kappa shape index (κ2) is 10.7. The van der Waals surface area contributed by atoms with Crippen molar-refractivity contribution in [2.45, 2.75) is 85.0 Å². The van der Waals surface area contributed by atoms with E-state index < -0.39 is 0 Å². The zero-order valence-corrected chi connectivity index (χ0v) is 13.8. The first-order valence-corrected chi connectivity index (χ1v) is 8.96. The lowest BCUT2D eigenvalue weighted by molar-refractivity contribution is 0.155. The van der Waals surface area contributed by atoms with Crippen LogP contribution in [-0.4, -0.2) is 24.5 Å². The van der Waals surface area contributed by atoms with E-state index in [1.54, 1.807) is 0 Å². The van der Waals surface area contributed by atoms with Gasteiger partial charge in [0.15, 0.2) is 0 Å². The summed E-state index contributed by atoms with van der Waals surface area (Å²) < 4.78 is 0. The summed E-state index contributed by atoms with van der Waals surface area (Å²) in [6, 6.07) is 0. The van der Waals surface area contributed by atoms with Gasteiger partial charge in [-0.1, -0.05) is 65.7 Å². The van der Waals surface area contributed by atoms with Crippen LogP contribution in [0.15, 0.2) is 0 Å². The predicted octanol–water partition coefficient (Wildman–Crippen LogP) is 5.50. The molecule has 1 fully saturated rings. The van der Waals surface area contributed by atoms with Gasteiger partial charge in [0.25, 0.3) is 0 Å². The molecule has 0 bridgehead atoms. The Labute approximate surface area is 122 Å². The maximum Gasteiger partial charge on any atom is -0.00160 e. The van der Waals surface area contributed by atoms with Crippen LogP contribution in [0.3, 0.4) is 0 Å². The molecule has 0 atom stereocenters. The van der Waals surface area contributed by atoms with Gasteiger partial charge in [0, 0.05) is 0 Å². The lowest BCUT2D eigenvalue weighted by atomic mass is 9.87. The second-order valence-electron chi connectivity index (χ2n) is 6.90. The van der Waals surface area contributed by atoms with Gasteiger partial charge < -0.3 is 4.90 Å². The molecule has 1 heterocycles. The third kappa shape index (κ3) is 7.97. The van der Waals surface area contributed by atoms with Crippen LogP contribution in [-0.2, 0) is 0 Å². The number of piperidine rings is 1. The minimum Gasteiger partial charge on any atom is -0.303 e. The molecule has 0 aliphatic carbocycles. The van der Waals surface area contributed by atoms with E-state index in [0.717, 1.165) is 11.8 Å². The van der Waals surface area contributed by atoms with Crippen molar-refractivity contribution in [3.05, 3.63) is 0 Å². The molecule has 0 unspecified atom stereocenters. The Bertz CT molecular complexity index is 192. The summed E-state index contributed by atoms with van der Waals surface area (Å²) in [6.07, 6.45) is 14.4. The second-order valence-corrected chi connectivity index (χ2v) is 6.90. The fraction of sp³-hybridized carbons (Fsp3) is 1.00. The van der Waals surface area contributed by atoms with Crippen molar-refractivity contribution in [3.8, 4) is 0 Å². The highest BCUT2D eigenvalue weighted by atomic mass is 15.1. The highest BCUT2D eigenvalue weighted by Crippen LogP contribution is 2.24. The number of unbranched alkanes of at least 4 members (excludes halogenated alkanes) is 7. The fourth-order valence-corrected chi connectivity index (χ4v) is 3.31. The van der Waals surface area contributed by atoms with Gasteiger partial charge in [-0.2, -0.15) is 0 Å². The fourth-order valence-electron chi connectivity index (χ4n) is 3.31. The monoisotopic (exact) mass is 267 g/mol. The molecule has 1 saturated heterocycles. The number of likely N-dealkylation sites (tertiary alicyclic amines) is 1. The van der Waals surface area contributed by atoms with Crippen LogP contribution in [0.5, 0.6) is 0 Å². The summed E-state index contributed by atoms with van der Waals surface area (Å²) in [6.45, 7) is 11.2. The molecular formula is C18H37N. The van der Waals surface area contributed by atoms with Crippen LogP contribution >= 0.6 is 0 Å². The highest BCUT2D eigenvalue weighted by molar-refractivity contribution is 4.74. The van der Waals surface area contributed by atoms with Crippen LogP contribution in [0.25, 0.3) is 0 Å². The minimum absolute atomic E-state index is 0.894. The third-order valence-electron chi connectivity index (χ3n) is 4.90. The zero-order chi connectivity index (χ0) is 13.9. The van der Waals surface area contributed by atoms with E-state index in [0.29, 0.717) is 0 Å². The molecule has 1 nitrogen and oxygen atoms in total. The van der Waals surface area contributed by atoms with E-state index in [4.69, 9.17) is 0 Å². The Morgan fingerprint density at radius 2 is 1.37 bits per heavy atom. The van der Waals surface area contributed by atoms with Crippen LogP contribution in [0.1, 0.15) is 85.0 Å². The summed E-state index contributed by atoms with van der Waals surface area (Å²) in [4.78, 5) is 2.70. The largest absolute Gasteiger partial charge is 0.303 e. The average molecular weight is 268 g/mol. The summed E-state index contributed by atoms with van der Waals surface area (Å²) >= 11 is 0. The van der Waals surface area contributed by atoms with Gasteiger partial charge in [0.2, 0.25) is 0 Å². The van der Waals surface area contributed by atoms with Crippen molar-refractivity contribution in [1.29, 1.82) is 0 Å². The van der Waals surface area contributed by atoms with Gasteiger partial charge in [-0.05, 0) is 50.7 Å². The lowest BCUT2D eigenvalue weighted by Gasteiger charge is -2.33. The Hall–Kier alpha value is -0.0400. The van der Waals surface area contributed by atoms with Crippen molar-refractivity contribution < 1.29 is 0 Å². The summed E-state index contributed by atoms with van der Waals surface area (Å²) in [5.74, 6) is 1.89. The number of hydrogen-bond acceptors (Lipinski definition) is 1. The van der Waals surface area contributed by atoms with Crippen LogP contribution in [0.4, 0.5) is 0 Å². The molecule has 1 rings (SSSR count). The van der Waals surface area contributed by atoms with Gasteiger partial charge in [0.1, 0.15) is 0 Å². The van der Waals surface area contributed by atoms with E-state index in [9.17, 15) is 0 Å². The van der Waals surface area contributed by atoms with Gasteiger partial charge in [0.05, 0.1) is 0 Å². The van der Waals surface area contributed by atoms with Crippen molar-refractivity contribution in [2.24, 2.45) is 11.8 Å². The maximum absolute atomic E-state index is 2.70. The Morgan fingerprint density at radius 3 is 1.89 bits per heavy atom. The molecular weight excluding hydrogens is 230 g/mol. The molecule has 0 radical (unpaired) electrons. The lowest BCUT2D eigenvalue weighted by Crippen LogP contribution is -2.35. The molecule has 0 amide bonds. The molecule has 0 N–H and O–H groups in total. The molecule has 1 aliphatic rings. The molecule has 1 aliphatic heterocycles. The third-order valence-corrected chi connectivity index (χ3v) is 4.90. The van der Waals surface area contributed by atoms with Gasteiger partial charge in [-0.25, -0.2) is 0 Å². The standard InChI is InChI=1S/C18H37N/c1-4-5-6-7-8-9-10-11-14-19-15-12-18(13-16-19)17(2)3/h17-18H,4-16H2,1-3H3. The van der Waals surface area contributed by atoms with Gasteiger partial charge in [-0.3, -0.25) is 0 Å². The molecule has 0 aromatic heterocycles. The normalized spacial score (nSPS) is 18.3. The molecule has 1 heteroatoms. The van der Waals surface area contributed by atoms with Crippen molar-refractivity contribution in [3.63, 3.8) is 0 Å². The minimum atomic E-state index is 0.894. The number of rotatable bonds is 10. The Morgan fingerprint density at radius 1 is 0.842 bits per heavy atom. The quantitative estimate of drug-likeness (QED) is 0.473. The average Bonchev–Trinajstić information content (AvgIpc) is 2.42. The molecule has 0 saturated carbocycles. The van der Waals surface area contributed by atoms with E-state index in [1.807, 2.05) is 0 Å². The summed E-state index contributed by atoms with van der Waals surface area (Å²) in [5.41, 5.74) is 0. The van der Waals surface area contributed by atoms with E-state index >= 15 is 0 Å². The van der Waals surface area contributed by atoms with E-state index in [2.05, 4.69) is 25.7 Å². The molecule has 0 aromatic rings. The molecule has 0 aromatic carbocycles. The maximum atomic E-state index is 2.70. The van der Waals surface area contributed by atoms with E-state index in [-0.39, 0.29) is 0 Å².